The average molecular weight is 210 g/mol. The van der Waals surface area contributed by atoms with Gasteiger partial charge in [0.2, 0.25) is 0 Å². The lowest BCUT2D eigenvalue weighted by atomic mass is 10.1. The van der Waals surface area contributed by atoms with E-state index in [4.69, 9.17) is 10.5 Å². The highest BCUT2D eigenvalue weighted by atomic mass is 35.5. The van der Waals surface area contributed by atoms with Crippen molar-refractivity contribution >= 4 is 28.9 Å². The second-order valence-electron chi connectivity index (χ2n) is 2.90. The number of nitrogens with two attached hydrogens (primary N) is 1. The lowest BCUT2D eigenvalue weighted by molar-refractivity contribution is 0.420. The second kappa shape index (κ2) is 4.20. The fourth-order valence-corrected chi connectivity index (χ4v) is 1.48. The molecule has 2 nitrogen and oxygen atoms in total. The summed E-state index contributed by atoms with van der Waals surface area (Å²) in [7, 11) is 1.66. The lowest BCUT2D eigenvalue weighted by Crippen LogP contribution is -1.89. The summed E-state index contributed by atoms with van der Waals surface area (Å²) in [6, 6.07) is 11.7. The Morgan fingerprint density at radius 3 is 2.36 bits per heavy atom. The zero-order chi connectivity index (χ0) is 9.26. The Kier molecular flexibility index (Phi) is 3.20. The first-order valence-electron chi connectivity index (χ1n) is 4.14. The van der Waals surface area contributed by atoms with Gasteiger partial charge in [-0.15, -0.1) is 12.4 Å². The predicted octanol–water partition coefficient (Wildman–Crippen LogP) is 2.85. The summed E-state index contributed by atoms with van der Waals surface area (Å²) >= 11 is 0. The Balaban J connectivity index is 0.000000980. The monoisotopic (exact) mass is 209 g/mol. The molecule has 0 spiro atoms. The number of methoxy groups -OCH3 is 1. The zero-order valence-corrected chi connectivity index (χ0v) is 8.67. The van der Waals surface area contributed by atoms with Crippen LogP contribution >= 0.6 is 12.4 Å². The third kappa shape index (κ3) is 1.61. The van der Waals surface area contributed by atoms with Crippen LogP contribution in [0.25, 0.3) is 10.8 Å². The van der Waals surface area contributed by atoms with Crippen LogP contribution in [0.5, 0.6) is 5.75 Å². The zero-order valence-electron chi connectivity index (χ0n) is 7.86. The van der Waals surface area contributed by atoms with Crippen molar-refractivity contribution in [2.75, 3.05) is 12.8 Å². The van der Waals surface area contributed by atoms with Gasteiger partial charge in [-0.05, 0) is 12.1 Å². The third-order valence-corrected chi connectivity index (χ3v) is 2.14. The quantitative estimate of drug-likeness (QED) is 0.733. The van der Waals surface area contributed by atoms with Crippen molar-refractivity contribution in [3.63, 3.8) is 0 Å². The van der Waals surface area contributed by atoms with E-state index in [2.05, 4.69) is 0 Å². The van der Waals surface area contributed by atoms with Crippen LogP contribution in [0, 0.1) is 0 Å². The molecule has 2 aromatic rings. The Labute approximate surface area is 89.1 Å². The minimum atomic E-state index is 0. The van der Waals surface area contributed by atoms with Crippen molar-refractivity contribution in [2.45, 2.75) is 0 Å². The summed E-state index contributed by atoms with van der Waals surface area (Å²) in [5.74, 6) is 0.866. The summed E-state index contributed by atoms with van der Waals surface area (Å²) < 4.78 is 5.23. The Bertz CT molecular complexity index is 442. The molecule has 0 fully saturated rings. The van der Waals surface area contributed by atoms with Crippen molar-refractivity contribution < 1.29 is 4.74 Å². The van der Waals surface area contributed by atoms with Gasteiger partial charge in [-0.3, -0.25) is 0 Å². The van der Waals surface area contributed by atoms with Gasteiger partial charge >= 0.3 is 0 Å². The number of benzene rings is 2. The molecule has 0 aromatic heterocycles. The van der Waals surface area contributed by atoms with Crippen molar-refractivity contribution in [1.82, 2.24) is 0 Å². The smallest absolute Gasteiger partial charge is 0.126 e. The van der Waals surface area contributed by atoms with E-state index >= 15 is 0 Å². The maximum atomic E-state index is 5.82. The molecular formula is C11H12ClNO. The van der Waals surface area contributed by atoms with Crippen LogP contribution in [0.1, 0.15) is 0 Å². The van der Waals surface area contributed by atoms with Crippen LogP contribution in [-0.4, -0.2) is 7.11 Å². The molecule has 0 heterocycles. The van der Waals surface area contributed by atoms with Crippen LogP contribution in [0.2, 0.25) is 0 Å². The molecule has 2 aromatic carbocycles. The molecule has 0 aliphatic rings. The molecule has 0 aliphatic heterocycles. The highest BCUT2D eigenvalue weighted by Crippen LogP contribution is 2.28. The molecule has 3 heteroatoms. The molecule has 0 atom stereocenters. The van der Waals surface area contributed by atoms with Crippen molar-refractivity contribution in [3.05, 3.63) is 36.4 Å². The number of nitrogen functional groups attached to an aromatic ring is 1. The van der Waals surface area contributed by atoms with E-state index < -0.39 is 0 Å². The fourth-order valence-electron chi connectivity index (χ4n) is 1.48. The van der Waals surface area contributed by atoms with Crippen molar-refractivity contribution in [2.24, 2.45) is 0 Å². The van der Waals surface area contributed by atoms with Crippen LogP contribution in [0.15, 0.2) is 36.4 Å². The van der Waals surface area contributed by atoms with E-state index in [-0.39, 0.29) is 12.4 Å². The molecule has 0 saturated carbocycles. The van der Waals surface area contributed by atoms with Crippen LogP contribution in [0.4, 0.5) is 5.69 Å². The molecule has 0 unspecified atom stereocenters. The van der Waals surface area contributed by atoms with Crippen molar-refractivity contribution in [3.8, 4) is 5.75 Å². The third-order valence-electron chi connectivity index (χ3n) is 2.14. The summed E-state index contributed by atoms with van der Waals surface area (Å²) in [6.07, 6.45) is 0. The van der Waals surface area contributed by atoms with Gasteiger partial charge in [-0.2, -0.15) is 0 Å². The van der Waals surface area contributed by atoms with E-state index in [1.54, 1.807) is 7.11 Å². The van der Waals surface area contributed by atoms with Crippen LogP contribution in [0.3, 0.4) is 0 Å². The predicted molar refractivity (Wildman–Crippen MR) is 62.2 cm³/mol. The highest BCUT2D eigenvalue weighted by molar-refractivity contribution is 5.96. The van der Waals surface area contributed by atoms with Gasteiger partial charge < -0.3 is 10.5 Å². The Morgan fingerprint density at radius 1 is 1.00 bits per heavy atom. The fraction of sp³-hybridized carbons (Fsp3) is 0.0909. The summed E-state index contributed by atoms with van der Waals surface area (Å²) in [6.45, 7) is 0. The second-order valence-corrected chi connectivity index (χ2v) is 2.90. The largest absolute Gasteiger partial charge is 0.496 e. The van der Waals surface area contributed by atoms with Crippen LogP contribution in [-0.2, 0) is 0 Å². The maximum Gasteiger partial charge on any atom is 0.126 e. The number of fused-ring (bicyclic) bond motifs is 1. The van der Waals surface area contributed by atoms with Gasteiger partial charge in [0, 0.05) is 16.5 Å². The van der Waals surface area contributed by atoms with E-state index in [0.717, 1.165) is 22.2 Å². The minimum Gasteiger partial charge on any atom is -0.496 e. The molecule has 14 heavy (non-hydrogen) atoms. The molecule has 0 radical (unpaired) electrons. The SMILES string of the molecule is COc1cccc2c(N)cccc12.Cl. The molecule has 0 saturated heterocycles. The summed E-state index contributed by atoms with van der Waals surface area (Å²) in [4.78, 5) is 0. The molecule has 74 valence electrons. The van der Waals surface area contributed by atoms with E-state index in [1.165, 1.54) is 0 Å². The maximum absolute atomic E-state index is 5.82. The first-order chi connectivity index (χ1) is 6.33. The number of hydrogen-bond donors (Lipinski definition) is 1. The molecular weight excluding hydrogens is 198 g/mol. The van der Waals surface area contributed by atoms with E-state index in [1.807, 2.05) is 36.4 Å². The Hall–Kier alpha value is -1.41. The molecule has 2 N–H and O–H groups in total. The van der Waals surface area contributed by atoms with Gasteiger partial charge in [-0.1, -0.05) is 24.3 Å². The number of halogens is 1. The number of ether oxygens (including phenoxy) is 1. The van der Waals surface area contributed by atoms with Gasteiger partial charge in [0.25, 0.3) is 0 Å². The Morgan fingerprint density at radius 2 is 1.64 bits per heavy atom. The molecule has 0 aliphatic carbocycles. The molecule has 0 bridgehead atoms. The van der Waals surface area contributed by atoms with E-state index in [9.17, 15) is 0 Å². The van der Waals surface area contributed by atoms with Gasteiger partial charge in [0.15, 0.2) is 0 Å². The number of hydrogen-bond acceptors (Lipinski definition) is 2. The van der Waals surface area contributed by atoms with Gasteiger partial charge in [-0.25, -0.2) is 0 Å². The minimum absolute atomic E-state index is 0. The summed E-state index contributed by atoms with van der Waals surface area (Å²) in [5, 5.41) is 2.10. The molecule has 0 amide bonds. The number of rotatable bonds is 1. The lowest BCUT2D eigenvalue weighted by Gasteiger charge is -2.06. The first-order valence-corrected chi connectivity index (χ1v) is 4.14. The summed E-state index contributed by atoms with van der Waals surface area (Å²) in [5.41, 5.74) is 6.61. The first kappa shape index (κ1) is 10.7. The van der Waals surface area contributed by atoms with Crippen molar-refractivity contribution in [1.29, 1.82) is 0 Å². The normalized spacial score (nSPS) is 9.50. The van der Waals surface area contributed by atoms with Crippen LogP contribution < -0.4 is 10.5 Å². The molecule has 2 rings (SSSR count). The topological polar surface area (TPSA) is 35.2 Å². The van der Waals surface area contributed by atoms with Gasteiger partial charge in [0.05, 0.1) is 7.11 Å². The van der Waals surface area contributed by atoms with Gasteiger partial charge in [0.1, 0.15) is 5.75 Å². The standard InChI is InChI=1S/C11H11NO.ClH/c1-13-11-7-3-4-8-9(11)5-2-6-10(8)12;/h2-7H,12H2,1H3;1H. The number of anilines is 1. The van der Waals surface area contributed by atoms with E-state index in [0.29, 0.717) is 0 Å². The highest BCUT2D eigenvalue weighted by Gasteiger charge is 2.01. The average Bonchev–Trinajstić information content (AvgIpc) is 2.18.